The second-order valence-electron chi connectivity index (χ2n) is 7.07. The second kappa shape index (κ2) is 9.08. The Morgan fingerprint density at radius 1 is 1.30 bits per heavy atom. The van der Waals surface area contributed by atoms with Crippen LogP contribution in [-0.2, 0) is 20.7 Å². The summed E-state index contributed by atoms with van der Waals surface area (Å²) in [4.78, 5) is 26.4. The molecule has 7 heteroatoms. The fraction of sp³-hybridized carbons (Fsp3) is 0.600. The van der Waals surface area contributed by atoms with Gasteiger partial charge in [0.1, 0.15) is 0 Å². The highest BCUT2D eigenvalue weighted by Gasteiger charge is 2.35. The summed E-state index contributed by atoms with van der Waals surface area (Å²) in [5.41, 5.74) is 1.05. The molecule has 3 rings (SSSR count). The van der Waals surface area contributed by atoms with Crippen molar-refractivity contribution in [3.05, 3.63) is 23.8 Å². The van der Waals surface area contributed by atoms with E-state index in [2.05, 4.69) is 5.32 Å². The smallest absolute Gasteiger partial charge is 0.225 e. The highest BCUT2D eigenvalue weighted by Crippen LogP contribution is 2.27. The van der Waals surface area contributed by atoms with Crippen LogP contribution in [0.5, 0.6) is 11.5 Å². The molecular formula is C20H28N2O5. The van der Waals surface area contributed by atoms with Gasteiger partial charge in [0.25, 0.3) is 0 Å². The first-order valence-corrected chi connectivity index (χ1v) is 9.48. The molecule has 0 radical (unpaired) electrons. The number of nitrogens with zero attached hydrogens (tertiary/aromatic N) is 1. The van der Waals surface area contributed by atoms with E-state index < -0.39 is 0 Å². The molecule has 0 saturated carbocycles. The monoisotopic (exact) mass is 376 g/mol. The van der Waals surface area contributed by atoms with E-state index in [9.17, 15) is 9.59 Å². The topological polar surface area (TPSA) is 77.1 Å². The summed E-state index contributed by atoms with van der Waals surface area (Å²) in [5, 5.41) is 2.95. The minimum absolute atomic E-state index is 0.0468. The molecule has 0 aliphatic carbocycles. The van der Waals surface area contributed by atoms with E-state index in [0.29, 0.717) is 37.6 Å². The molecular weight excluding hydrogens is 348 g/mol. The number of carbonyl (C=O) groups excluding carboxylic acids is 2. The van der Waals surface area contributed by atoms with E-state index in [-0.39, 0.29) is 30.3 Å². The maximum absolute atomic E-state index is 12.4. The van der Waals surface area contributed by atoms with Crippen LogP contribution in [-0.4, -0.2) is 63.3 Å². The van der Waals surface area contributed by atoms with Crippen LogP contribution in [0.25, 0.3) is 0 Å². The molecule has 0 aromatic heterocycles. The van der Waals surface area contributed by atoms with Gasteiger partial charge in [-0.1, -0.05) is 6.07 Å². The van der Waals surface area contributed by atoms with E-state index >= 15 is 0 Å². The maximum atomic E-state index is 12.4. The summed E-state index contributed by atoms with van der Waals surface area (Å²) in [7, 11) is 3.20. The van der Waals surface area contributed by atoms with Crippen molar-refractivity contribution in [3.63, 3.8) is 0 Å². The van der Waals surface area contributed by atoms with Gasteiger partial charge < -0.3 is 24.4 Å². The largest absolute Gasteiger partial charge is 0.493 e. The summed E-state index contributed by atoms with van der Waals surface area (Å²) in [5.74, 6) is 1.07. The van der Waals surface area contributed by atoms with Gasteiger partial charge >= 0.3 is 0 Å². The molecule has 2 heterocycles. The van der Waals surface area contributed by atoms with E-state index in [4.69, 9.17) is 14.2 Å². The number of hydrogen-bond donors (Lipinski definition) is 1. The van der Waals surface area contributed by atoms with Crippen molar-refractivity contribution >= 4 is 11.8 Å². The van der Waals surface area contributed by atoms with Crippen LogP contribution in [0.4, 0.5) is 0 Å². The quantitative estimate of drug-likeness (QED) is 0.742. The highest BCUT2D eigenvalue weighted by molar-refractivity contribution is 5.89. The van der Waals surface area contributed by atoms with Gasteiger partial charge in [0, 0.05) is 32.7 Å². The highest BCUT2D eigenvalue weighted by atomic mass is 16.5. The Morgan fingerprint density at radius 3 is 2.81 bits per heavy atom. The lowest BCUT2D eigenvalue weighted by Crippen LogP contribution is -2.36. The number of nitrogens with one attached hydrogen (secondary N) is 1. The third-order valence-electron chi connectivity index (χ3n) is 5.19. The van der Waals surface area contributed by atoms with Crippen LogP contribution in [0, 0.1) is 5.92 Å². The predicted octanol–water partition coefficient (Wildman–Crippen LogP) is 1.39. The number of methoxy groups -OCH3 is 2. The Labute approximate surface area is 160 Å². The molecule has 0 bridgehead atoms. The fourth-order valence-corrected chi connectivity index (χ4v) is 3.67. The van der Waals surface area contributed by atoms with E-state index in [1.807, 2.05) is 18.2 Å². The molecule has 2 fully saturated rings. The average molecular weight is 376 g/mol. The first kappa shape index (κ1) is 19.5. The number of likely N-dealkylation sites (tertiary alicyclic amines) is 1. The van der Waals surface area contributed by atoms with Crippen LogP contribution in [0.1, 0.15) is 24.8 Å². The summed E-state index contributed by atoms with van der Waals surface area (Å²) in [6, 6.07) is 5.72. The predicted molar refractivity (Wildman–Crippen MR) is 99.9 cm³/mol. The molecule has 1 aromatic rings. The Hall–Kier alpha value is -2.28. The number of rotatable bonds is 8. The Morgan fingerprint density at radius 2 is 2.11 bits per heavy atom. The van der Waals surface area contributed by atoms with Crippen LogP contribution < -0.4 is 14.8 Å². The van der Waals surface area contributed by atoms with E-state index in [1.165, 1.54) is 0 Å². The van der Waals surface area contributed by atoms with Crippen LogP contribution in [0.15, 0.2) is 18.2 Å². The van der Waals surface area contributed by atoms with E-state index in [0.717, 1.165) is 25.0 Å². The molecule has 1 aromatic carbocycles. The molecule has 7 nitrogen and oxygen atoms in total. The van der Waals surface area contributed by atoms with Crippen molar-refractivity contribution < 1.29 is 23.8 Å². The second-order valence-corrected chi connectivity index (χ2v) is 7.07. The van der Waals surface area contributed by atoms with Crippen molar-refractivity contribution in [1.29, 1.82) is 0 Å². The SMILES string of the molecule is COc1ccc(CCNC(=O)C2CC(=O)N(CC3CCCO3)C2)cc1OC. The molecule has 27 heavy (non-hydrogen) atoms. The molecule has 148 valence electrons. The van der Waals surface area contributed by atoms with Gasteiger partial charge in [-0.25, -0.2) is 0 Å². The number of amides is 2. The lowest BCUT2D eigenvalue weighted by molar-refractivity contribution is -0.129. The van der Waals surface area contributed by atoms with Gasteiger partial charge in [0.05, 0.1) is 26.2 Å². The van der Waals surface area contributed by atoms with Gasteiger partial charge in [-0.3, -0.25) is 9.59 Å². The maximum Gasteiger partial charge on any atom is 0.225 e. The van der Waals surface area contributed by atoms with Crippen LogP contribution >= 0.6 is 0 Å². The number of hydrogen-bond acceptors (Lipinski definition) is 5. The lowest BCUT2D eigenvalue weighted by Gasteiger charge is -2.20. The number of benzene rings is 1. The minimum atomic E-state index is -0.274. The van der Waals surface area contributed by atoms with Crippen molar-refractivity contribution in [2.24, 2.45) is 5.92 Å². The Balaban J connectivity index is 1.45. The summed E-state index contributed by atoms with van der Waals surface area (Å²) in [6.45, 7) is 2.38. The molecule has 2 atom stereocenters. The van der Waals surface area contributed by atoms with Gasteiger partial charge in [0.2, 0.25) is 11.8 Å². The zero-order valence-electron chi connectivity index (χ0n) is 16.0. The average Bonchev–Trinajstić information content (AvgIpc) is 3.32. The molecule has 2 aliphatic rings. The van der Waals surface area contributed by atoms with Gasteiger partial charge in [-0.05, 0) is 37.0 Å². The summed E-state index contributed by atoms with van der Waals surface area (Å²) >= 11 is 0. The van der Waals surface area contributed by atoms with Gasteiger partial charge in [-0.2, -0.15) is 0 Å². The zero-order chi connectivity index (χ0) is 19.2. The number of ether oxygens (including phenoxy) is 3. The molecule has 2 saturated heterocycles. The Kier molecular flexibility index (Phi) is 6.55. The fourth-order valence-electron chi connectivity index (χ4n) is 3.67. The first-order chi connectivity index (χ1) is 13.1. The van der Waals surface area contributed by atoms with Crippen molar-refractivity contribution in [2.75, 3.05) is 40.5 Å². The van der Waals surface area contributed by atoms with Crippen LogP contribution in [0.2, 0.25) is 0 Å². The standard InChI is InChI=1S/C20H28N2O5/c1-25-17-6-5-14(10-18(17)26-2)7-8-21-20(24)15-11-19(23)22(12-15)13-16-4-3-9-27-16/h5-6,10,15-16H,3-4,7-9,11-13H2,1-2H3,(H,21,24). The third-order valence-corrected chi connectivity index (χ3v) is 5.19. The summed E-state index contributed by atoms with van der Waals surface area (Å²) in [6.07, 6.45) is 3.14. The van der Waals surface area contributed by atoms with Crippen molar-refractivity contribution in [1.82, 2.24) is 10.2 Å². The lowest BCUT2D eigenvalue weighted by atomic mass is 10.1. The molecule has 0 spiro atoms. The molecule has 2 aliphatic heterocycles. The van der Waals surface area contributed by atoms with Gasteiger partial charge in [0.15, 0.2) is 11.5 Å². The minimum Gasteiger partial charge on any atom is -0.493 e. The molecule has 2 amide bonds. The Bertz CT molecular complexity index is 672. The van der Waals surface area contributed by atoms with Crippen molar-refractivity contribution in [2.45, 2.75) is 31.8 Å². The molecule has 1 N–H and O–H groups in total. The number of carbonyl (C=O) groups is 2. The van der Waals surface area contributed by atoms with Crippen molar-refractivity contribution in [3.8, 4) is 11.5 Å². The zero-order valence-corrected chi connectivity index (χ0v) is 16.0. The van der Waals surface area contributed by atoms with Gasteiger partial charge in [-0.15, -0.1) is 0 Å². The molecule has 2 unspecified atom stereocenters. The normalized spacial score (nSPS) is 22.1. The third kappa shape index (κ3) is 4.91. The van der Waals surface area contributed by atoms with E-state index in [1.54, 1.807) is 19.1 Å². The summed E-state index contributed by atoms with van der Waals surface area (Å²) < 4.78 is 16.1. The van der Waals surface area contributed by atoms with Crippen LogP contribution in [0.3, 0.4) is 0 Å². The first-order valence-electron chi connectivity index (χ1n) is 9.48.